The number of aryl methyl sites for hydroxylation is 1. The molecule has 5 heteroatoms. The molecule has 0 radical (unpaired) electrons. The molecule has 1 heterocycles. The van der Waals surface area contributed by atoms with Crippen molar-refractivity contribution in [2.45, 2.75) is 19.9 Å². The first-order chi connectivity index (χ1) is 8.04. The van der Waals surface area contributed by atoms with Gasteiger partial charge in [-0.3, -0.25) is 0 Å². The number of nitrogens with two attached hydrogens (primary N) is 1. The summed E-state index contributed by atoms with van der Waals surface area (Å²) < 4.78 is 6.99. The third-order valence-electron chi connectivity index (χ3n) is 2.45. The van der Waals surface area contributed by atoms with Gasteiger partial charge in [-0.2, -0.15) is 0 Å². The van der Waals surface area contributed by atoms with Crippen LogP contribution in [0.5, 0.6) is 0 Å². The van der Waals surface area contributed by atoms with Crippen LogP contribution in [0.4, 0.5) is 5.69 Å². The smallest absolute Gasteiger partial charge is 0.355 e. The Morgan fingerprint density at radius 1 is 1.53 bits per heavy atom. The van der Waals surface area contributed by atoms with Crippen LogP contribution in [0.15, 0.2) is 12.3 Å². The minimum Gasteiger partial charge on any atom is -0.461 e. The van der Waals surface area contributed by atoms with Crippen molar-refractivity contribution in [3.63, 3.8) is 0 Å². The summed E-state index contributed by atoms with van der Waals surface area (Å²) >= 11 is 0. The molecular weight excluding hydrogens is 218 g/mol. The predicted molar refractivity (Wildman–Crippen MR) is 68.0 cm³/mol. The number of anilines is 1. The van der Waals surface area contributed by atoms with E-state index in [1.54, 1.807) is 16.8 Å². The van der Waals surface area contributed by atoms with Gasteiger partial charge in [-0.1, -0.05) is 0 Å². The van der Waals surface area contributed by atoms with Gasteiger partial charge in [0.15, 0.2) is 0 Å². The third kappa shape index (κ3) is 4.11. The summed E-state index contributed by atoms with van der Waals surface area (Å²) in [6, 6.07) is 1.65. The first kappa shape index (κ1) is 13.6. The van der Waals surface area contributed by atoms with Gasteiger partial charge in [0.25, 0.3) is 0 Å². The Labute approximate surface area is 102 Å². The number of carbonyl (C=O) groups is 1. The van der Waals surface area contributed by atoms with E-state index in [0.29, 0.717) is 24.5 Å². The van der Waals surface area contributed by atoms with Crippen molar-refractivity contribution in [2.24, 2.45) is 0 Å². The summed E-state index contributed by atoms with van der Waals surface area (Å²) in [5.41, 5.74) is 6.76. The number of carbonyl (C=O) groups excluding carboxylic acids is 1. The Bertz CT molecular complexity index is 372. The van der Waals surface area contributed by atoms with Gasteiger partial charge in [-0.25, -0.2) is 4.79 Å². The lowest BCUT2D eigenvalue weighted by atomic mass is 10.4. The SMILES string of the molecule is CCn1cc(N)cc1C(=O)OCCCN(C)C. The molecular formula is C12H21N3O2. The molecule has 0 amide bonds. The monoisotopic (exact) mass is 239 g/mol. The van der Waals surface area contributed by atoms with Crippen molar-refractivity contribution in [3.05, 3.63) is 18.0 Å². The van der Waals surface area contributed by atoms with Gasteiger partial charge >= 0.3 is 5.97 Å². The van der Waals surface area contributed by atoms with Crippen molar-refractivity contribution in [1.82, 2.24) is 9.47 Å². The van der Waals surface area contributed by atoms with E-state index >= 15 is 0 Å². The largest absolute Gasteiger partial charge is 0.461 e. The standard InChI is InChI=1S/C12H21N3O2/c1-4-15-9-10(13)8-11(15)12(16)17-7-5-6-14(2)3/h8-9H,4-7,13H2,1-3H3. The van der Waals surface area contributed by atoms with Gasteiger partial charge in [0.1, 0.15) is 5.69 Å². The molecule has 1 aromatic rings. The second kappa shape index (κ2) is 6.30. The minimum absolute atomic E-state index is 0.303. The zero-order valence-corrected chi connectivity index (χ0v) is 10.8. The molecule has 0 saturated carbocycles. The number of nitrogens with zero attached hydrogens (tertiary/aromatic N) is 2. The molecule has 0 aliphatic heterocycles. The Morgan fingerprint density at radius 2 is 2.24 bits per heavy atom. The number of hydrogen-bond donors (Lipinski definition) is 1. The van der Waals surface area contributed by atoms with Gasteiger partial charge in [-0.05, 0) is 33.5 Å². The molecule has 0 atom stereocenters. The fourth-order valence-electron chi connectivity index (χ4n) is 1.58. The molecule has 0 unspecified atom stereocenters. The van der Waals surface area contributed by atoms with E-state index in [9.17, 15) is 4.79 Å². The topological polar surface area (TPSA) is 60.5 Å². The lowest BCUT2D eigenvalue weighted by molar-refractivity contribution is 0.0481. The first-order valence-electron chi connectivity index (χ1n) is 5.82. The van der Waals surface area contributed by atoms with Crippen LogP contribution in [0.3, 0.4) is 0 Å². The number of esters is 1. The van der Waals surface area contributed by atoms with Gasteiger partial charge in [-0.15, -0.1) is 0 Å². The fraction of sp³-hybridized carbons (Fsp3) is 0.583. The molecule has 96 valence electrons. The number of aromatic nitrogens is 1. The van der Waals surface area contributed by atoms with Crippen molar-refractivity contribution >= 4 is 11.7 Å². The third-order valence-corrected chi connectivity index (χ3v) is 2.45. The molecule has 5 nitrogen and oxygen atoms in total. The van der Waals surface area contributed by atoms with Crippen molar-refractivity contribution in [3.8, 4) is 0 Å². The van der Waals surface area contributed by atoms with Crippen LogP contribution in [-0.2, 0) is 11.3 Å². The molecule has 0 aromatic carbocycles. The van der Waals surface area contributed by atoms with Crippen molar-refractivity contribution < 1.29 is 9.53 Å². The molecule has 2 N–H and O–H groups in total. The number of rotatable bonds is 6. The number of nitrogen functional groups attached to an aromatic ring is 1. The van der Waals surface area contributed by atoms with Crippen LogP contribution in [-0.4, -0.2) is 42.7 Å². The van der Waals surface area contributed by atoms with Crippen LogP contribution in [0.25, 0.3) is 0 Å². The van der Waals surface area contributed by atoms with Gasteiger partial charge in [0, 0.05) is 19.3 Å². The molecule has 0 saturated heterocycles. The van der Waals surface area contributed by atoms with E-state index in [-0.39, 0.29) is 5.97 Å². The lowest BCUT2D eigenvalue weighted by Crippen LogP contribution is -2.17. The summed E-state index contributed by atoms with van der Waals surface area (Å²) in [6.07, 6.45) is 2.58. The van der Waals surface area contributed by atoms with E-state index in [0.717, 1.165) is 13.0 Å². The van der Waals surface area contributed by atoms with Crippen LogP contribution in [0, 0.1) is 0 Å². The average Bonchev–Trinajstić information content (AvgIpc) is 2.65. The number of hydrogen-bond acceptors (Lipinski definition) is 4. The van der Waals surface area contributed by atoms with Crippen molar-refractivity contribution in [1.29, 1.82) is 0 Å². The summed E-state index contributed by atoms with van der Waals surface area (Å²) in [6.45, 7) is 4.01. The first-order valence-corrected chi connectivity index (χ1v) is 5.82. The second-order valence-electron chi connectivity index (χ2n) is 4.24. The van der Waals surface area contributed by atoms with E-state index in [1.165, 1.54) is 0 Å². The fourth-order valence-corrected chi connectivity index (χ4v) is 1.58. The zero-order chi connectivity index (χ0) is 12.8. The van der Waals surface area contributed by atoms with Crippen LogP contribution in [0.2, 0.25) is 0 Å². The van der Waals surface area contributed by atoms with Gasteiger partial charge in [0.05, 0.1) is 12.3 Å². The number of ether oxygens (including phenoxy) is 1. The van der Waals surface area contributed by atoms with E-state index in [1.807, 2.05) is 21.0 Å². The lowest BCUT2D eigenvalue weighted by Gasteiger charge is -2.10. The molecule has 0 aliphatic carbocycles. The Hall–Kier alpha value is -1.49. The molecule has 1 aromatic heterocycles. The minimum atomic E-state index is -0.303. The summed E-state index contributed by atoms with van der Waals surface area (Å²) in [4.78, 5) is 13.8. The Balaban J connectivity index is 2.46. The van der Waals surface area contributed by atoms with E-state index in [2.05, 4.69) is 4.90 Å². The predicted octanol–water partition coefficient (Wildman–Crippen LogP) is 1.20. The summed E-state index contributed by atoms with van der Waals surface area (Å²) in [5, 5.41) is 0. The molecule has 0 aliphatic rings. The van der Waals surface area contributed by atoms with Crippen LogP contribution < -0.4 is 5.73 Å². The molecule has 1 rings (SSSR count). The quantitative estimate of drug-likeness (QED) is 0.598. The summed E-state index contributed by atoms with van der Waals surface area (Å²) in [5.74, 6) is -0.303. The van der Waals surface area contributed by atoms with Crippen LogP contribution >= 0.6 is 0 Å². The highest BCUT2D eigenvalue weighted by Crippen LogP contribution is 2.11. The molecule has 0 bridgehead atoms. The van der Waals surface area contributed by atoms with Gasteiger partial charge < -0.3 is 19.9 Å². The molecule has 0 fully saturated rings. The second-order valence-corrected chi connectivity index (χ2v) is 4.24. The Kier molecular flexibility index (Phi) is 5.03. The molecule has 0 spiro atoms. The highest BCUT2D eigenvalue weighted by Gasteiger charge is 2.13. The van der Waals surface area contributed by atoms with Crippen LogP contribution in [0.1, 0.15) is 23.8 Å². The van der Waals surface area contributed by atoms with Crippen molar-refractivity contribution in [2.75, 3.05) is 33.0 Å². The summed E-state index contributed by atoms with van der Waals surface area (Å²) in [7, 11) is 3.98. The highest BCUT2D eigenvalue weighted by atomic mass is 16.5. The highest BCUT2D eigenvalue weighted by molar-refractivity contribution is 5.89. The maximum absolute atomic E-state index is 11.8. The van der Waals surface area contributed by atoms with E-state index in [4.69, 9.17) is 10.5 Å². The molecule has 17 heavy (non-hydrogen) atoms. The maximum atomic E-state index is 11.8. The maximum Gasteiger partial charge on any atom is 0.355 e. The Morgan fingerprint density at radius 3 is 2.82 bits per heavy atom. The average molecular weight is 239 g/mol. The zero-order valence-electron chi connectivity index (χ0n) is 10.8. The normalized spacial score (nSPS) is 10.8. The van der Waals surface area contributed by atoms with Gasteiger partial charge in [0.2, 0.25) is 0 Å². The van der Waals surface area contributed by atoms with E-state index < -0.39 is 0 Å².